The molecule has 6 heteroatoms. The lowest BCUT2D eigenvalue weighted by molar-refractivity contribution is 0.0594. The summed E-state index contributed by atoms with van der Waals surface area (Å²) in [5.74, 6) is -2.00. The summed E-state index contributed by atoms with van der Waals surface area (Å²) < 4.78 is 32.5. The molecular weight excluding hydrogens is 266 g/mol. The van der Waals surface area contributed by atoms with Crippen LogP contribution in [0.2, 0.25) is 0 Å². The maximum absolute atomic E-state index is 14.1. The van der Waals surface area contributed by atoms with Gasteiger partial charge in [0.1, 0.15) is 0 Å². The van der Waals surface area contributed by atoms with Crippen LogP contribution in [0.4, 0.5) is 14.5 Å². The van der Waals surface area contributed by atoms with Crippen LogP contribution >= 0.6 is 0 Å². The summed E-state index contributed by atoms with van der Waals surface area (Å²) in [6.07, 6.45) is 0. The normalized spacial score (nSPS) is 24.9. The van der Waals surface area contributed by atoms with Gasteiger partial charge < -0.3 is 15.0 Å². The quantitative estimate of drug-likeness (QED) is 0.833. The van der Waals surface area contributed by atoms with Crippen LogP contribution in [0.1, 0.15) is 10.4 Å². The van der Waals surface area contributed by atoms with Crippen molar-refractivity contribution < 1.29 is 18.3 Å². The van der Waals surface area contributed by atoms with E-state index in [-0.39, 0.29) is 11.3 Å². The summed E-state index contributed by atoms with van der Waals surface area (Å²) in [7, 11) is 1.14. The number of carbonyl (C=O) groups is 1. The van der Waals surface area contributed by atoms with Gasteiger partial charge in [0.25, 0.3) is 0 Å². The van der Waals surface area contributed by atoms with E-state index in [0.29, 0.717) is 24.9 Å². The second-order valence-corrected chi connectivity index (χ2v) is 5.34. The summed E-state index contributed by atoms with van der Waals surface area (Å²) in [6, 6.07) is 2.74. The molecule has 108 valence electrons. The maximum Gasteiger partial charge on any atom is 0.340 e. The first-order valence-corrected chi connectivity index (χ1v) is 6.63. The number of halogens is 2. The van der Waals surface area contributed by atoms with Crippen molar-refractivity contribution in [3.05, 3.63) is 29.3 Å². The molecule has 1 N–H and O–H groups in total. The van der Waals surface area contributed by atoms with Crippen molar-refractivity contribution in [3.8, 4) is 0 Å². The lowest BCUT2D eigenvalue weighted by atomic mass is 10.0. The van der Waals surface area contributed by atoms with Crippen LogP contribution in [0.5, 0.6) is 0 Å². The Morgan fingerprint density at radius 3 is 2.50 bits per heavy atom. The van der Waals surface area contributed by atoms with Gasteiger partial charge >= 0.3 is 5.97 Å². The van der Waals surface area contributed by atoms with E-state index in [4.69, 9.17) is 0 Å². The van der Waals surface area contributed by atoms with Gasteiger partial charge in [-0.15, -0.1) is 0 Å². The number of esters is 1. The second-order valence-electron chi connectivity index (χ2n) is 5.34. The van der Waals surface area contributed by atoms with Gasteiger partial charge in [-0.25, -0.2) is 13.6 Å². The average Bonchev–Trinajstić information content (AvgIpc) is 3.02. The van der Waals surface area contributed by atoms with Crippen molar-refractivity contribution in [2.24, 2.45) is 11.8 Å². The van der Waals surface area contributed by atoms with E-state index in [0.717, 1.165) is 20.2 Å². The van der Waals surface area contributed by atoms with Crippen LogP contribution in [0.25, 0.3) is 0 Å². The fourth-order valence-corrected chi connectivity index (χ4v) is 3.10. The lowest BCUT2D eigenvalue weighted by Crippen LogP contribution is -2.26. The standard InChI is InChI=1S/C14H16F2N2O2/c1-20-14(19)10-2-3-11(13(16)12(10)15)18-6-8-4-17-5-9(8)7-18/h2-3,8-9,17H,4-7H2,1H3. The van der Waals surface area contributed by atoms with E-state index in [1.54, 1.807) is 0 Å². The monoisotopic (exact) mass is 282 g/mol. The minimum absolute atomic E-state index is 0.226. The van der Waals surface area contributed by atoms with E-state index < -0.39 is 17.6 Å². The Morgan fingerprint density at radius 1 is 1.25 bits per heavy atom. The average molecular weight is 282 g/mol. The van der Waals surface area contributed by atoms with E-state index in [9.17, 15) is 13.6 Å². The van der Waals surface area contributed by atoms with E-state index >= 15 is 0 Å². The second kappa shape index (κ2) is 5.01. The van der Waals surface area contributed by atoms with Gasteiger partial charge in [-0.3, -0.25) is 0 Å². The maximum atomic E-state index is 14.1. The summed E-state index contributed by atoms with van der Waals surface area (Å²) >= 11 is 0. The van der Waals surface area contributed by atoms with Crippen LogP contribution < -0.4 is 10.2 Å². The molecule has 1 aromatic rings. The first-order valence-electron chi connectivity index (χ1n) is 6.63. The highest BCUT2D eigenvalue weighted by atomic mass is 19.2. The van der Waals surface area contributed by atoms with E-state index in [1.807, 2.05) is 4.90 Å². The Labute approximate surface area is 115 Å². The van der Waals surface area contributed by atoms with Crippen molar-refractivity contribution in [2.75, 3.05) is 38.2 Å². The number of ether oxygens (including phenoxy) is 1. The molecule has 0 aliphatic carbocycles. The van der Waals surface area contributed by atoms with E-state index in [1.165, 1.54) is 12.1 Å². The number of benzene rings is 1. The zero-order valence-corrected chi connectivity index (χ0v) is 11.2. The first-order chi connectivity index (χ1) is 9.61. The zero-order chi connectivity index (χ0) is 14.3. The zero-order valence-electron chi connectivity index (χ0n) is 11.2. The minimum Gasteiger partial charge on any atom is -0.465 e. The summed E-state index contributed by atoms with van der Waals surface area (Å²) in [4.78, 5) is 13.2. The van der Waals surface area contributed by atoms with Gasteiger partial charge in [0.05, 0.1) is 18.4 Å². The third-order valence-electron chi connectivity index (χ3n) is 4.20. The molecule has 0 aromatic heterocycles. The number of nitrogens with one attached hydrogen (secondary N) is 1. The summed E-state index contributed by atoms with van der Waals surface area (Å²) in [5, 5.41) is 3.30. The molecule has 2 atom stereocenters. The topological polar surface area (TPSA) is 41.6 Å². The van der Waals surface area contributed by atoms with Crippen molar-refractivity contribution >= 4 is 11.7 Å². The van der Waals surface area contributed by atoms with Gasteiger partial charge in [0, 0.05) is 26.2 Å². The summed E-state index contributed by atoms with van der Waals surface area (Å²) in [5.41, 5.74) is -0.139. The number of rotatable bonds is 2. The Bertz CT molecular complexity index is 538. The molecule has 0 amide bonds. The van der Waals surface area contributed by atoms with Crippen molar-refractivity contribution in [3.63, 3.8) is 0 Å². The number of hydrogen-bond donors (Lipinski definition) is 1. The fraction of sp³-hybridized carbons (Fsp3) is 0.500. The van der Waals surface area contributed by atoms with Crippen LogP contribution in [0.15, 0.2) is 12.1 Å². The van der Waals surface area contributed by atoms with Crippen LogP contribution in [-0.2, 0) is 4.74 Å². The van der Waals surface area contributed by atoms with Gasteiger partial charge in [0.15, 0.2) is 11.6 Å². The highest BCUT2D eigenvalue weighted by Crippen LogP contribution is 2.33. The first kappa shape index (κ1) is 13.3. The number of fused-ring (bicyclic) bond motifs is 1. The van der Waals surface area contributed by atoms with Crippen LogP contribution in [-0.4, -0.2) is 39.3 Å². The Morgan fingerprint density at radius 2 is 1.90 bits per heavy atom. The van der Waals surface area contributed by atoms with Crippen LogP contribution in [0, 0.1) is 23.5 Å². The minimum atomic E-state index is -1.13. The van der Waals surface area contributed by atoms with Gasteiger partial charge in [-0.05, 0) is 24.0 Å². The number of anilines is 1. The number of carbonyl (C=O) groups excluding carboxylic acids is 1. The molecular formula is C14H16F2N2O2. The molecule has 2 saturated heterocycles. The van der Waals surface area contributed by atoms with Crippen molar-refractivity contribution in [2.45, 2.75) is 0 Å². The highest BCUT2D eigenvalue weighted by Gasteiger charge is 2.37. The smallest absolute Gasteiger partial charge is 0.340 e. The molecule has 2 heterocycles. The fourth-order valence-electron chi connectivity index (χ4n) is 3.10. The van der Waals surface area contributed by atoms with Crippen molar-refractivity contribution in [1.29, 1.82) is 0 Å². The molecule has 2 aliphatic rings. The predicted molar refractivity (Wildman–Crippen MR) is 69.8 cm³/mol. The molecule has 1 aromatic carbocycles. The Hall–Kier alpha value is -1.69. The molecule has 4 nitrogen and oxygen atoms in total. The van der Waals surface area contributed by atoms with E-state index in [2.05, 4.69) is 10.1 Å². The SMILES string of the molecule is COC(=O)c1ccc(N2CC3CNCC3C2)c(F)c1F. The Kier molecular flexibility index (Phi) is 3.33. The molecule has 2 aliphatic heterocycles. The molecule has 20 heavy (non-hydrogen) atoms. The molecule has 2 unspecified atom stereocenters. The van der Waals surface area contributed by atoms with Gasteiger partial charge in [-0.2, -0.15) is 0 Å². The third-order valence-corrected chi connectivity index (χ3v) is 4.20. The molecule has 0 radical (unpaired) electrons. The largest absolute Gasteiger partial charge is 0.465 e. The van der Waals surface area contributed by atoms with Gasteiger partial charge in [0.2, 0.25) is 0 Å². The molecule has 0 spiro atoms. The van der Waals surface area contributed by atoms with Crippen LogP contribution in [0.3, 0.4) is 0 Å². The molecule has 2 fully saturated rings. The molecule has 3 rings (SSSR count). The molecule has 0 saturated carbocycles. The van der Waals surface area contributed by atoms with Gasteiger partial charge in [-0.1, -0.05) is 0 Å². The lowest BCUT2D eigenvalue weighted by Gasteiger charge is -2.21. The predicted octanol–water partition coefficient (Wildman–Crippen LogP) is 1.41. The van der Waals surface area contributed by atoms with Crippen molar-refractivity contribution in [1.82, 2.24) is 5.32 Å². The molecule has 0 bridgehead atoms. The number of methoxy groups -OCH3 is 1. The highest BCUT2D eigenvalue weighted by molar-refractivity contribution is 5.90. The number of nitrogens with zero attached hydrogens (tertiary/aromatic N) is 1. The third kappa shape index (κ3) is 2.04. The summed E-state index contributed by atoms with van der Waals surface area (Å²) in [6.45, 7) is 3.27. The number of hydrogen-bond acceptors (Lipinski definition) is 4. The Balaban J connectivity index is 1.88.